The number of rotatable bonds is 8. The van der Waals surface area contributed by atoms with Crippen molar-refractivity contribution in [1.29, 1.82) is 0 Å². The molecule has 0 aromatic heterocycles. The summed E-state index contributed by atoms with van der Waals surface area (Å²) in [6.45, 7) is 13.9. The molecule has 2 aliphatic carbocycles. The fourth-order valence-electron chi connectivity index (χ4n) is 4.37. The Morgan fingerprint density at radius 1 is 1.24 bits per heavy atom. The molecule has 4 atom stereocenters. The van der Waals surface area contributed by atoms with Crippen molar-refractivity contribution in [2.75, 3.05) is 19.7 Å². The lowest BCUT2D eigenvalue weighted by molar-refractivity contribution is -0.0546. The van der Waals surface area contributed by atoms with Gasteiger partial charge < -0.3 is 15.2 Å². The molecule has 0 heterocycles. The smallest absolute Gasteiger partial charge is 0.0686 e. The Morgan fingerprint density at radius 2 is 1.95 bits per heavy atom. The number of aliphatic hydroxyl groups excluding tert-OH is 1. The highest BCUT2D eigenvalue weighted by molar-refractivity contribution is 5.11. The monoisotopic (exact) mass is 297 g/mol. The SMILES string of the molecule is CC(C)CNC[C@@H](O)CCO[C@H]1C[C@@H]2CC[C@]1(C)C2(C)C. The Hall–Kier alpha value is -0.120. The fraction of sp³-hybridized carbons (Fsp3) is 1.00. The first kappa shape index (κ1) is 17.2. The molecule has 0 radical (unpaired) electrons. The van der Waals surface area contributed by atoms with Crippen LogP contribution in [0.1, 0.15) is 60.3 Å². The van der Waals surface area contributed by atoms with Crippen molar-refractivity contribution < 1.29 is 9.84 Å². The van der Waals surface area contributed by atoms with Crippen molar-refractivity contribution in [1.82, 2.24) is 5.32 Å². The third kappa shape index (κ3) is 3.46. The minimum Gasteiger partial charge on any atom is -0.392 e. The molecule has 2 N–H and O–H groups in total. The van der Waals surface area contributed by atoms with Gasteiger partial charge in [-0.3, -0.25) is 0 Å². The highest BCUT2D eigenvalue weighted by atomic mass is 16.5. The topological polar surface area (TPSA) is 41.5 Å². The molecule has 0 saturated heterocycles. The first-order chi connectivity index (χ1) is 9.77. The number of fused-ring (bicyclic) bond motifs is 2. The van der Waals surface area contributed by atoms with Gasteiger partial charge in [0.05, 0.1) is 12.2 Å². The van der Waals surface area contributed by atoms with E-state index < -0.39 is 0 Å². The van der Waals surface area contributed by atoms with E-state index in [9.17, 15) is 5.11 Å². The molecule has 124 valence electrons. The van der Waals surface area contributed by atoms with Gasteiger partial charge in [-0.2, -0.15) is 0 Å². The van der Waals surface area contributed by atoms with Crippen LogP contribution in [0.5, 0.6) is 0 Å². The summed E-state index contributed by atoms with van der Waals surface area (Å²) in [6, 6.07) is 0. The van der Waals surface area contributed by atoms with Crippen LogP contribution in [0.4, 0.5) is 0 Å². The quantitative estimate of drug-likeness (QED) is 0.723. The van der Waals surface area contributed by atoms with E-state index in [1.165, 1.54) is 19.3 Å². The molecule has 0 aromatic carbocycles. The maximum absolute atomic E-state index is 9.99. The van der Waals surface area contributed by atoms with Crippen LogP contribution in [-0.2, 0) is 4.74 Å². The lowest BCUT2D eigenvalue weighted by Gasteiger charge is -2.39. The molecule has 2 aliphatic rings. The maximum atomic E-state index is 9.99. The first-order valence-electron chi connectivity index (χ1n) is 8.77. The molecule has 2 bridgehead atoms. The van der Waals surface area contributed by atoms with Crippen LogP contribution in [0.25, 0.3) is 0 Å². The number of aliphatic hydroxyl groups is 1. The molecular weight excluding hydrogens is 262 g/mol. The van der Waals surface area contributed by atoms with E-state index >= 15 is 0 Å². The molecule has 0 aromatic rings. The summed E-state index contributed by atoms with van der Waals surface area (Å²) in [6.07, 6.45) is 4.72. The lowest BCUT2D eigenvalue weighted by Crippen LogP contribution is -2.38. The summed E-state index contributed by atoms with van der Waals surface area (Å²) < 4.78 is 6.19. The van der Waals surface area contributed by atoms with Crippen molar-refractivity contribution in [2.45, 2.75) is 72.5 Å². The van der Waals surface area contributed by atoms with Gasteiger partial charge in [0, 0.05) is 13.2 Å². The summed E-state index contributed by atoms with van der Waals surface area (Å²) in [5.41, 5.74) is 0.744. The van der Waals surface area contributed by atoms with Crippen LogP contribution >= 0.6 is 0 Å². The number of ether oxygens (including phenoxy) is 1. The number of hydrogen-bond donors (Lipinski definition) is 2. The minimum absolute atomic E-state index is 0.289. The highest BCUT2D eigenvalue weighted by Crippen LogP contribution is 2.66. The van der Waals surface area contributed by atoms with Gasteiger partial charge in [0.2, 0.25) is 0 Å². The predicted octanol–water partition coefficient (Wildman–Crippen LogP) is 3.21. The zero-order chi connectivity index (χ0) is 15.7. The number of nitrogens with one attached hydrogen (secondary N) is 1. The Balaban J connectivity index is 1.68. The van der Waals surface area contributed by atoms with Crippen LogP contribution in [0.15, 0.2) is 0 Å². The molecule has 0 unspecified atom stereocenters. The van der Waals surface area contributed by atoms with E-state index in [0.717, 1.165) is 18.9 Å². The average molecular weight is 297 g/mol. The summed E-state index contributed by atoms with van der Waals surface area (Å²) >= 11 is 0. The van der Waals surface area contributed by atoms with Crippen molar-refractivity contribution in [2.24, 2.45) is 22.7 Å². The highest BCUT2D eigenvalue weighted by Gasteiger charge is 2.61. The first-order valence-corrected chi connectivity index (χ1v) is 8.77. The van der Waals surface area contributed by atoms with Gasteiger partial charge in [0.15, 0.2) is 0 Å². The summed E-state index contributed by atoms with van der Waals surface area (Å²) in [4.78, 5) is 0. The van der Waals surface area contributed by atoms with Gasteiger partial charge in [0.1, 0.15) is 0 Å². The van der Waals surface area contributed by atoms with E-state index in [1.54, 1.807) is 0 Å². The normalized spacial score (nSPS) is 35.6. The molecule has 2 saturated carbocycles. The molecule has 0 spiro atoms. The van der Waals surface area contributed by atoms with Gasteiger partial charge in [-0.25, -0.2) is 0 Å². The van der Waals surface area contributed by atoms with Gasteiger partial charge in [-0.1, -0.05) is 34.6 Å². The van der Waals surface area contributed by atoms with E-state index in [2.05, 4.69) is 39.9 Å². The van der Waals surface area contributed by atoms with Gasteiger partial charge in [-0.15, -0.1) is 0 Å². The van der Waals surface area contributed by atoms with Gasteiger partial charge in [-0.05, 0) is 54.9 Å². The van der Waals surface area contributed by atoms with E-state index in [1.807, 2.05) is 0 Å². The van der Waals surface area contributed by atoms with Crippen LogP contribution in [0.3, 0.4) is 0 Å². The van der Waals surface area contributed by atoms with Crippen LogP contribution in [0.2, 0.25) is 0 Å². The Bertz CT molecular complexity index is 342. The van der Waals surface area contributed by atoms with E-state index in [4.69, 9.17) is 4.74 Å². The molecule has 21 heavy (non-hydrogen) atoms. The van der Waals surface area contributed by atoms with Crippen molar-refractivity contribution in [3.8, 4) is 0 Å². The summed E-state index contributed by atoms with van der Waals surface area (Å²) in [7, 11) is 0. The Kier molecular flexibility index (Phi) is 5.38. The summed E-state index contributed by atoms with van der Waals surface area (Å²) in [5, 5.41) is 13.3. The van der Waals surface area contributed by atoms with Crippen LogP contribution in [0, 0.1) is 22.7 Å². The third-order valence-electron chi connectivity index (χ3n) is 6.42. The summed E-state index contributed by atoms with van der Waals surface area (Å²) in [5.74, 6) is 1.45. The van der Waals surface area contributed by atoms with Crippen LogP contribution in [-0.4, -0.2) is 37.0 Å². The van der Waals surface area contributed by atoms with Gasteiger partial charge >= 0.3 is 0 Å². The number of hydrogen-bond acceptors (Lipinski definition) is 3. The molecule has 2 fully saturated rings. The second kappa shape index (κ2) is 6.55. The Morgan fingerprint density at radius 3 is 2.48 bits per heavy atom. The van der Waals surface area contributed by atoms with E-state index in [-0.39, 0.29) is 6.10 Å². The second-order valence-corrected chi connectivity index (χ2v) is 8.46. The largest absolute Gasteiger partial charge is 0.392 e. The molecule has 3 heteroatoms. The lowest BCUT2D eigenvalue weighted by atomic mass is 9.70. The molecule has 0 amide bonds. The molecule has 3 nitrogen and oxygen atoms in total. The average Bonchev–Trinajstić information content (AvgIpc) is 2.71. The predicted molar refractivity (Wildman–Crippen MR) is 87.3 cm³/mol. The van der Waals surface area contributed by atoms with Crippen molar-refractivity contribution >= 4 is 0 Å². The molecule has 0 aliphatic heterocycles. The Labute approximate surface area is 130 Å². The minimum atomic E-state index is -0.289. The standard InChI is InChI=1S/C18H35NO2/c1-13(2)11-19-12-15(20)7-9-21-16-10-14-6-8-18(16,5)17(14,3)4/h13-16,19-20H,6-12H2,1-5H3/t14-,15-,16-,18-/m0/s1. The van der Waals surface area contributed by atoms with Gasteiger partial charge in [0.25, 0.3) is 0 Å². The molecule has 2 rings (SSSR count). The second-order valence-electron chi connectivity index (χ2n) is 8.46. The maximum Gasteiger partial charge on any atom is 0.0686 e. The van der Waals surface area contributed by atoms with Crippen LogP contribution < -0.4 is 5.32 Å². The van der Waals surface area contributed by atoms with E-state index in [0.29, 0.717) is 36.0 Å². The van der Waals surface area contributed by atoms with Crippen molar-refractivity contribution in [3.05, 3.63) is 0 Å². The fourth-order valence-corrected chi connectivity index (χ4v) is 4.37. The third-order valence-corrected chi connectivity index (χ3v) is 6.42. The zero-order valence-corrected chi connectivity index (χ0v) is 14.6. The zero-order valence-electron chi connectivity index (χ0n) is 14.6. The molecular formula is C18H35NO2. The van der Waals surface area contributed by atoms with Crippen molar-refractivity contribution in [3.63, 3.8) is 0 Å².